The average Bonchev–Trinajstić information content (AvgIpc) is 3.23. The first kappa shape index (κ1) is 22.5. The molecule has 11 heteroatoms. The molecular formula is C20H18ClN3O6S. The Kier molecular flexibility index (Phi) is 7.06. The number of halogens is 1. The molecule has 3 rings (SSSR count). The van der Waals surface area contributed by atoms with E-state index in [1.54, 1.807) is 12.1 Å². The summed E-state index contributed by atoms with van der Waals surface area (Å²) in [5, 5.41) is 13.4. The lowest BCUT2D eigenvalue weighted by Gasteiger charge is -2.07. The highest BCUT2D eigenvalue weighted by Crippen LogP contribution is 2.32. The van der Waals surface area contributed by atoms with E-state index in [1.165, 1.54) is 30.3 Å². The molecule has 0 unspecified atom stereocenters. The van der Waals surface area contributed by atoms with Crippen LogP contribution in [0.4, 0.5) is 5.69 Å². The van der Waals surface area contributed by atoms with E-state index in [0.717, 1.165) is 5.56 Å². The van der Waals surface area contributed by atoms with Gasteiger partial charge in [0.1, 0.15) is 5.76 Å². The first-order chi connectivity index (χ1) is 14.7. The molecule has 1 amide bonds. The highest BCUT2D eigenvalue weighted by Gasteiger charge is 2.17. The molecule has 0 radical (unpaired) electrons. The Bertz CT molecular complexity index is 1190. The van der Waals surface area contributed by atoms with Crippen molar-refractivity contribution in [2.75, 3.05) is 12.3 Å². The largest absolute Gasteiger partial charge is 0.451 e. The van der Waals surface area contributed by atoms with Gasteiger partial charge in [-0.05, 0) is 23.8 Å². The molecule has 2 N–H and O–H groups in total. The lowest BCUT2D eigenvalue weighted by molar-refractivity contribution is -0.384. The van der Waals surface area contributed by atoms with E-state index in [0.29, 0.717) is 5.56 Å². The van der Waals surface area contributed by atoms with Crippen LogP contribution in [0.5, 0.6) is 0 Å². The van der Waals surface area contributed by atoms with Crippen LogP contribution < -0.4 is 10.0 Å². The fraction of sp³-hybridized carbons (Fsp3) is 0.150. The lowest BCUT2D eigenvalue weighted by atomic mass is 10.1. The minimum atomic E-state index is -3.58. The molecule has 31 heavy (non-hydrogen) atoms. The predicted octanol–water partition coefficient (Wildman–Crippen LogP) is 3.36. The number of hydrogen-bond acceptors (Lipinski definition) is 6. The second-order valence-corrected chi connectivity index (χ2v) is 8.80. The number of non-ortho nitro benzene ring substituents is 1. The van der Waals surface area contributed by atoms with Crippen molar-refractivity contribution in [2.24, 2.45) is 0 Å². The molecule has 0 aliphatic carbocycles. The second-order valence-electron chi connectivity index (χ2n) is 6.47. The molecule has 9 nitrogen and oxygen atoms in total. The number of amides is 1. The van der Waals surface area contributed by atoms with Crippen LogP contribution in [0.2, 0.25) is 5.02 Å². The smallest absolute Gasteiger partial charge is 0.287 e. The molecule has 0 bridgehead atoms. The van der Waals surface area contributed by atoms with E-state index in [-0.39, 0.29) is 41.1 Å². The van der Waals surface area contributed by atoms with Crippen molar-refractivity contribution in [3.05, 3.63) is 87.1 Å². The molecular weight excluding hydrogens is 446 g/mol. The molecule has 1 heterocycles. The summed E-state index contributed by atoms with van der Waals surface area (Å²) in [4.78, 5) is 22.5. The number of furan rings is 1. The lowest BCUT2D eigenvalue weighted by Crippen LogP contribution is -2.34. The van der Waals surface area contributed by atoms with Crippen molar-refractivity contribution in [1.82, 2.24) is 10.0 Å². The number of nitrogens with one attached hydrogen (secondary N) is 2. The van der Waals surface area contributed by atoms with Crippen LogP contribution in [-0.2, 0) is 16.6 Å². The Hall–Kier alpha value is -3.21. The van der Waals surface area contributed by atoms with Crippen molar-refractivity contribution in [3.63, 3.8) is 0 Å². The van der Waals surface area contributed by atoms with Crippen LogP contribution in [0.25, 0.3) is 11.3 Å². The number of hydrogen-bond donors (Lipinski definition) is 2. The zero-order valence-electron chi connectivity index (χ0n) is 16.1. The third-order valence-electron chi connectivity index (χ3n) is 4.25. The van der Waals surface area contributed by atoms with Gasteiger partial charge in [0.2, 0.25) is 10.0 Å². The van der Waals surface area contributed by atoms with Crippen LogP contribution in [0.15, 0.2) is 65.1 Å². The van der Waals surface area contributed by atoms with Crippen LogP contribution in [0, 0.1) is 10.1 Å². The van der Waals surface area contributed by atoms with Gasteiger partial charge in [0.05, 0.1) is 15.7 Å². The van der Waals surface area contributed by atoms with Crippen molar-refractivity contribution in [2.45, 2.75) is 6.54 Å². The van der Waals surface area contributed by atoms with Crippen molar-refractivity contribution in [3.8, 4) is 11.3 Å². The van der Waals surface area contributed by atoms with Crippen LogP contribution >= 0.6 is 11.6 Å². The molecule has 0 aliphatic rings. The fourth-order valence-electron chi connectivity index (χ4n) is 2.67. The van der Waals surface area contributed by atoms with Gasteiger partial charge in [0.25, 0.3) is 11.6 Å². The molecule has 0 saturated carbocycles. The highest BCUT2D eigenvalue weighted by molar-refractivity contribution is 7.89. The number of carbonyl (C=O) groups is 1. The summed E-state index contributed by atoms with van der Waals surface area (Å²) >= 11 is 6.07. The zero-order chi connectivity index (χ0) is 22.4. The molecule has 0 saturated heterocycles. The van der Waals surface area contributed by atoms with Gasteiger partial charge in [-0.3, -0.25) is 14.9 Å². The molecule has 162 valence electrons. The van der Waals surface area contributed by atoms with Crippen LogP contribution in [-0.4, -0.2) is 31.5 Å². The number of benzene rings is 2. The Morgan fingerprint density at radius 1 is 1.10 bits per heavy atom. The first-order valence-corrected chi connectivity index (χ1v) is 11.1. The normalized spacial score (nSPS) is 11.3. The number of nitro groups is 1. The highest BCUT2D eigenvalue weighted by atomic mass is 35.5. The summed E-state index contributed by atoms with van der Waals surface area (Å²) in [5.74, 6) is -0.684. The second kappa shape index (κ2) is 9.73. The van der Waals surface area contributed by atoms with Gasteiger partial charge in [-0.15, -0.1) is 0 Å². The van der Waals surface area contributed by atoms with Gasteiger partial charge in [-0.2, -0.15) is 0 Å². The minimum Gasteiger partial charge on any atom is -0.451 e. The summed E-state index contributed by atoms with van der Waals surface area (Å²) in [6, 6.07) is 15.9. The minimum absolute atomic E-state index is 0.0425. The monoisotopic (exact) mass is 463 g/mol. The van der Waals surface area contributed by atoms with Gasteiger partial charge in [0, 0.05) is 30.8 Å². The number of rotatable bonds is 9. The van der Waals surface area contributed by atoms with E-state index in [9.17, 15) is 23.3 Å². The number of nitro benzene ring substituents is 1. The SMILES string of the molecule is O=C(NCCS(=O)(=O)NCc1ccccc1)c1ccc(-c2ccc([N+](=O)[O-])cc2Cl)o1. The Morgan fingerprint density at radius 3 is 2.52 bits per heavy atom. The van der Waals surface area contributed by atoms with E-state index in [1.807, 2.05) is 18.2 Å². The van der Waals surface area contributed by atoms with E-state index < -0.39 is 20.9 Å². The molecule has 0 fully saturated rings. The standard InChI is InChI=1S/C20H18ClN3O6S/c21-17-12-15(24(26)27)6-7-16(17)18-8-9-19(30-18)20(25)22-10-11-31(28,29)23-13-14-4-2-1-3-5-14/h1-9,12,23H,10-11,13H2,(H,22,25). The third kappa shape index (κ3) is 6.14. The number of sulfonamides is 1. The third-order valence-corrected chi connectivity index (χ3v) is 5.89. The van der Waals surface area contributed by atoms with Crippen LogP contribution in [0.1, 0.15) is 16.1 Å². The van der Waals surface area contributed by atoms with Crippen LogP contribution in [0.3, 0.4) is 0 Å². The Balaban J connectivity index is 1.55. The topological polar surface area (TPSA) is 132 Å². The molecule has 3 aromatic rings. The summed E-state index contributed by atoms with van der Waals surface area (Å²) < 4.78 is 32.1. The van der Waals surface area contributed by atoms with Gasteiger partial charge in [-0.25, -0.2) is 13.1 Å². The molecule has 0 atom stereocenters. The van der Waals surface area contributed by atoms with Crippen molar-refractivity contribution < 1.29 is 22.6 Å². The first-order valence-electron chi connectivity index (χ1n) is 9.09. The summed E-state index contributed by atoms with van der Waals surface area (Å²) in [5.41, 5.74) is 1.04. The maximum atomic E-state index is 12.2. The maximum Gasteiger partial charge on any atom is 0.287 e. The predicted molar refractivity (Wildman–Crippen MR) is 115 cm³/mol. The maximum absolute atomic E-state index is 12.2. The van der Waals surface area contributed by atoms with Gasteiger partial charge in [0.15, 0.2) is 5.76 Å². The number of nitrogens with zero attached hydrogens (tertiary/aromatic N) is 1. The number of carbonyl (C=O) groups excluding carboxylic acids is 1. The summed E-state index contributed by atoms with van der Waals surface area (Å²) in [7, 11) is -3.58. The average molecular weight is 464 g/mol. The Labute approximate surface area is 183 Å². The van der Waals surface area contributed by atoms with Gasteiger partial charge < -0.3 is 9.73 Å². The molecule has 0 spiro atoms. The molecule has 1 aromatic heterocycles. The van der Waals surface area contributed by atoms with Crippen molar-refractivity contribution >= 4 is 33.2 Å². The molecule has 2 aromatic carbocycles. The quantitative estimate of drug-likeness (QED) is 0.369. The fourth-order valence-corrected chi connectivity index (χ4v) is 3.84. The summed E-state index contributed by atoms with van der Waals surface area (Å²) in [6.07, 6.45) is 0. The van der Waals surface area contributed by atoms with Gasteiger partial charge >= 0.3 is 0 Å². The summed E-state index contributed by atoms with van der Waals surface area (Å²) in [6.45, 7) is 0.0476. The van der Waals surface area contributed by atoms with Gasteiger partial charge in [-0.1, -0.05) is 41.9 Å². The zero-order valence-corrected chi connectivity index (χ0v) is 17.7. The van der Waals surface area contributed by atoms with E-state index in [2.05, 4.69) is 10.0 Å². The van der Waals surface area contributed by atoms with Crippen molar-refractivity contribution in [1.29, 1.82) is 0 Å². The Morgan fingerprint density at radius 2 is 1.84 bits per heavy atom. The molecule has 0 aliphatic heterocycles. The van der Waals surface area contributed by atoms with E-state index in [4.69, 9.17) is 16.0 Å². The van der Waals surface area contributed by atoms with E-state index >= 15 is 0 Å².